The maximum atomic E-state index is 13.6. The van der Waals surface area contributed by atoms with Gasteiger partial charge in [0.15, 0.2) is 0 Å². The van der Waals surface area contributed by atoms with Gasteiger partial charge < -0.3 is 0 Å². The zero-order chi connectivity index (χ0) is 15.8. The smallest absolute Gasteiger partial charge is 0.123 e. The van der Waals surface area contributed by atoms with Gasteiger partial charge in [0.25, 0.3) is 0 Å². The number of rotatable bonds is 2. The number of hydrogen-bond acceptors (Lipinski definition) is 2. The van der Waals surface area contributed by atoms with Gasteiger partial charge in [0.2, 0.25) is 0 Å². The predicted molar refractivity (Wildman–Crippen MR) is 89.5 cm³/mol. The van der Waals surface area contributed by atoms with Crippen molar-refractivity contribution >= 4 is 10.9 Å². The molecule has 3 nitrogen and oxygen atoms in total. The third-order valence-electron chi connectivity index (χ3n) is 3.87. The Morgan fingerprint density at radius 1 is 0.957 bits per heavy atom. The molecule has 0 amide bonds. The molecule has 0 fully saturated rings. The number of halogens is 1. The molecule has 2 aromatic heterocycles. The van der Waals surface area contributed by atoms with Gasteiger partial charge in [-0.2, -0.15) is 5.10 Å². The first-order valence-corrected chi connectivity index (χ1v) is 7.37. The highest BCUT2D eigenvalue weighted by Crippen LogP contribution is 2.32. The maximum absolute atomic E-state index is 13.6. The van der Waals surface area contributed by atoms with Crippen molar-refractivity contribution in [2.24, 2.45) is 0 Å². The van der Waals surface area contributed by atoms with Gasteiger partial charge in [0.05, 0.1) is 17.4 Å². The van der Waals surface area contributed by atoms with Gasteiger partial charge in [-0.1, -0.05) is 18.2 Å². The molecule has 23 heavy (non-hydrogen) atoms. The molecule has 0 unspecified atom stereocenters. The summed E-state index contributed by atoms with van der Waals surface area (Å²) in [5.74, 6) is -0.263. The summed E-state index contributed by atoms with van der Waals surface area (Å²) in [7, 11) is 0. The van der Waals surface area contributed by atoms with Crippen LogP contribution in [0.25, 0.3) is 33.3 Å². The van der Waals surface area contributed by atoms with Crippen LogP contribution in [0.1, 0.15) is 5.56 Å². The Labute approximate surface area is 132 Å². The van der Waals surface area contributed by atoms with Gasteiger partial charge in [-0.25, -0.2) is 4.39 Å². The molecule has 0 spiro atoms. The minimum atomic E-state index is -0.263. The van der Waals surface area contributed by atoms with Crippen molar-refractivity contribution in [2.75, 3.05) is 0 Å². The zero-order valence-corrected chi connectivity index (χ0v) is 12.5. The molecule has 0 saturated heterocycles. The van der Waals surface area contributed by atoms with Crippen LogP contribution in [0.15, 0.2) is 60.9 Å². The highest BCUT2D eigenvalue weighted by molar-refractivity contribution is 5.88. The van der Waals surface area contributed by atoms with Gasteiger partial charge in [0, 0.05) is 22.7 Å². The highest BCUT2D eigenvalue weighted by Gasteiger charge is 2.11. The SMILES string of the molecule is Cc1cnc(-c2cccc(F)c2)c(-c2ccc3[nH]ncc3c2)c1. The molecule has 0 bridgehead atoms. The van der Waals surface area contributed by atoms with Crippen LogP contribution in [0, 0.1) is 12.7 Å². The number of aryl methyl sites for hydroxylation is 1. The fourth-order valence-corrected chi connectivity index (χ4v) is 2.77. The topological polar surface area (TPSA) is 41.6 Å². The minimum absolute atomic E-state index is 0.263. The van der Waals surface area contributed by atoms with Crippen molar-refractivity contribution in [3.05, 3.63) is 72.3 Å². The van der Waals surface area contributed by atoms with Crippen molar-refractivity contribution in [1.29, 1.82) is 0 Å². The summed E-state index contributed by atoms with van der Waals surface area (Å²) >= 11 is 0. The van der Waals surface area contributed by atoms with E-state index in [1.807, 2.05) is 25.1 Å². The van der Waals surface area contributed by atoms with Crippen molar-refractivity contribution in [2.45, 2.75) is 6.92 Å². The van der Waals surface area contributed by atoms with E-state index < -0.39 is 0 Å². The Kier molecular flexibility index (Phi) is 3.15. The maximum Gasteiger partial charge on any atom is 0.123 e. The quantitative estimate of drug-likeness (QED) is 0.581. The standard InChI is InChI=1S/C19H14FN3/c1-12-7-17(13-5-6-18-15(8-13)11-22-23-18)19(21-10-12)14-3-2-4-16(20)9-14/h2-11H,1H3,(H,22,23). The molecule has 0 aliphatic heterocycles. The van der Waals surface area contributed by atoms with Crippen LogP contribution in [0.4, 0.5) is 4.39 Å². The number of pyridine rings is 1. The number of benzene rings is 2. The van der Waals surface area contributed by atoms with Gasteiger partial charge in [-0.3, -0.25) is 10.1 Å². The molecule has 4 aromatic rings. The second-order valence-corrected chi connectivity index (χ2v) is 5.59. The van der Waals surface area contributed by atoms with Crippen LogP contribution in [-0.2, 0) is 0 Å². The van der Waals surface area contributed by atoms with E-state index in [4.69, 9.17) is 0 Å². The van der Waals surface area contributed by atoms with E-state index in [0.29, 0.717) is 0 Å². The minimum Gasteiger partial charge on any atom is -0.278 e. The van der Waals surface area contributed by atoms with Gasteiger partial charge in [-0.15, -0.1) is 0 Å². The number of aromatic nitrogens is 3. The van der Waals surface area contributed by atoms with Crippen molar-refractivity contribution in [1.82, 2.24) is 15.2 Å². The Morgan fingerprint density at radius 2 is 1.87 bits per heavy atom. The fraction of sp³-hybridized carbons (Fsp3) is 0.0526. The number of nitrogens with zero attached hydrogens (tertiary/aromatic N) is 2. The third-order valence-corrected chi connectivity index (χ3v) is 3.87. The highest BCUT2D eigenvalue weighted by atomic mass is 19.1. The van der Waals surface area contributed by atoms with E-state index in [1.54, 1.807) is 18.5 Å². The van der Waals surface area contributed by atoms with Crippen LogP contribution in [0.3, 0.4) is 0 Å². The monoisotopic (exact) mass is 303 g/mol. The summed E-state index contributed by atoms with van der Waals surface area (Å²) in [6.45, 7) is 2.00. The number of aromatic amines is 1. The first kappa shape index (κ1) is 13.6. The lowest BCUT2D eigenvalue weighted by molar-refractivity contribution is 0.628. The zero-order valence-electron chi connectivity index (χ0n) is 12.5. The molecular formula is C19H14FN3. The van der Waals surface area contributed by atoms with Gasteiger partial charge >= 0.3 is 0 Å². The van der Waals surface area contributed by atoms with Crippen LogP contribution in [0.2, 0.25) is 0 Å². The molecule has 0 aliphatic rings. The van der Waals surface area contributed by atoms with Gasteiger partial charge in [-0.05, 0) is 48.4 Å². The molecule has 1 N–H and O–H groups in total. The molecule has 2 heterocycles. The van der Waals surface area contributed by atoms with Crippen LogP contribution < -0.4 is 0 Å². The Morgan fingerprint density at radius 3 is 2.74 bits per heavy atom. The number of hydrogen-bond donors (Lipinski definition) is 1. The average molecular weight is 303 g/mol. The summed E-state index contributed by atoms with van der Waals surface area (Å²) in [5.41, 5.74) is 5.62. The van der Waals surface area contributed by atoms with E-state index in [-0.39, 0.29) is 5.82 Å². The first-order chi connectivity index (χ1) is 11.2. The second-order valence-electron chi connectivity index (χ2n) is 5.59. The van der Waals surface area contributed by atoms with Gasteiger partial charge in [0.1, 0.15) is 5.82 Å². The molecule has 4 rings (SSSR count). The molecule has 0 aliphatic carbocycles. The number of fused-ring (bicyclic) bond motifs is 1. The molecule has 4 heteroatoms. The average Bonchev–Trinajstić information content (AvgIpc) is 3.02. The summed E-state index contributed by atoms with van der Waals surface area (Å²) in [6.07, 6.45) is 3.60. The predicted octanol–water partition coefficient (Wildman–Crippen LogP) is 4.74. The normalized spacial score (nSPS) is 11.0. The van der Waals surface area contributed by atoms with Crippen LogP contribution >= 0.6 is 0 Å². The van der Waals surface area contributed by atoms with Crippen molar-refractivity contribution < 1.29 is 4.39 Å². The molecule has 0 saturated carbocycles. The molecule has 2 aromatic carbocycles. The Bertz CT molecular complexity index is 1000. The lowest BCUT2D eigenvalue weighted by Gasteiger charge is -2.11. The molecule has 0 atom stereocenters. The lowest BCUT2D eigenvalue weighted by Crippen LogP contribution is -1.91. The third kappa shape index (κ3) is 2.48. The summed E-state index contributed by atoms with van der Waals surface area (Å²) < 4.78 is 13.6. The molecule has 112 valence electrons. The summed E-state index contributed by atoms with van der Waals surface area (Å²) in [5, 5.41) is 8.04. The Balaban J connectivity index is 1.95. The fourth-order valence-electron chi connectivity index (χ4n) is 2.77. The van der Waals surface area contributed by atoms with E-state index in [2.05, 4.69) is 27.3 Å². The largest absolute Gasteiger partial charge is 0.278 e. The van der Waals surface area contributed by atoms with E-state index >= 15 is 0 Å². The van der Waals surface area contributed by atoms with E-state index in [0.717, 1.165) is 38.9 Å². The number of nitrogens with one attached hydrogen (secondary N) is 1. The molecular weight excluding hydrogens is 289 g/mol. The molecule has 0 radical (unpaired) electrons. The summed E-state index contributed by atoms with van der Waals surface area (Å²) in [4.78, 5) is 4.54. The van der Waals surface area contributed by atoms with E-state index in [9.17, 15) is 4.39 Å². The first-order valence-electron chi connectivity index (χ1n) is 7.37. The summed E-state index contributed by atoms with van der Waals surface area (Å²) in [6, 6.07) is 14.7. The Hall–Kier alpha value is -3.01. The van der Waals surface area contributed by atoms with Crippen molar-refractivity contribution in [3.8, 4) is 22.4 Å². The van der Waals surface area contributed by atoms with Crippen LogP contribution in [0.5, 0.6) is 0 Å². The van der Waals surface area contributed by atoms with Crippen LogP contribution in [-0.4, -0.2) is 15.2 Å². The second kappa shape index (κ2) is 5.32. The number of H-pyrrole nitrogens is 1. The van der Waals surface area contributed by atoms with E-state index in [1.165, 1.54) is 12.1 Å². The van der Waals surface area contributed by atoms with Crippen molar-refractivity contribution in [3.63, 3.8) is 0 Å². The lowest BCUT2D eigenvalue weighted by atomic mass is 9.97.